The number of aromatic nitrogens is 3. The lowest BCUT2D eigenvalue weighted by Crippen LogP contribution is -2.43. The third kappa shape index (κ3) is 6.15. The minimum atomic E-state index is -4.59. The smallest absolute Gasteiger partial charge is 0.416 e. The lowest BCUT2D eigenvalue weighted by molar-refractivity contribution is -0.137. The molecule has 3 heterocycles. The summed E-state index contributed by atoms with van der Waals surface area (Å²) >= 11 is 1.28. The van der Waals surface area contributed by atoms with E-state index in [-0.39, 0.29) is 28.7 Å². The van der Waals surface area contributed by atoms with Crippen LogP contribution in [0, 0.1) is 0 Å². The van der Waals surface area contributed by atoms with Gasteiger partial charge in [0.1, 0.15) is 11.8 Å². The molecule has 0 aliphatic carbocycles. The number of nitrogens with zero attached hydrogens (tertiary/aromatic N) is 3. The van der Waals surface area contributed by atoms with Crippen LogP contribution in [-0.2, 0) is 15.8 Å². The molecule has 0 saturated carbocycles. The Morgan fingerprint density at radius 2 is 1.95 bits per heavy atom. The van der Waals surface area contributed by atoms with Crippen LogP contribution in [0.25, 0.3) is 21.5 Å². The fourth-order valence-electron chi connectivity index (χ4n) is 4.21. The Labute approximate surface area is 224 Å². The highest BCUT2D eigenvalue weighted by Gasteiger charge is 2.32. The van der Waals surface area contributed by atoms with Gasteiger partial charge < -0.3 is 20.7 Å². The third-order valence-corrected chi connectivity index (χ3v) is 6.97. The monoisotopic (exact) mass is 556 g/mol. The van der Waals surface area contributed by atoms with Gasteiger partial charge in [-0.15, -0.1) is 0 Å². The summed E-state index contributed by atoms with van der Waals surface area (Å²) in [6.07, 6.45) is -0.988. The number of carbonyl (C=O) groups excluding carboxylic acids is 2. The van der Waals surface area contributed by atoms with Crippen molar-refractivity contribution in [2.45, 2.75) is 38.4 Å². The molecule has 2 aromatic heterocycles. The normalized spacial score (nSPS) is 15.6. The molecule has 3 N–H and O–H groups in total. The van der Waals surface area contributed by atoms with Crippen LogP contribution in [0.1, 0.15) is 31.7 Å². The van der Waals surface area contributed by atoms with E-state index in [1.807, 2.05) is 6.07 Å². The van der Waals surface area contributed by atoms with Crippen LogP contribution in [0.2, 0.25) is 0 Å². The topological polar surface area (TPSA) is 118 Å². The summed E-state index contributed by atoms with van der Waals surface area (Å²) in [5.74, 6) is -0.177. The summed E-state index contributed by atoms with van der Waals surface area (Å²) in [6, 6.07) is 9.35. The van der Waals surface area contributed by atoms with E-state index in [4.69, 9.17) is 4.74 Å². The first-order valence-corrected chi connectivity index (χ1v) is 12.9. The van der Waals surface area contributed by atoms with Gasteiger partial charge in [0, 0.05) is 18.6 Å². The SMILES string of the molecule is CC(=O)Nc1nc2c(Oc3cc(-c4ccc(C(F)(F)F)cc4NC(=O)C4CCCCN4)ncn3)cccc2s1. The van der Waals surface area contributed by atoms with Crippen LogP contribution < -0.4 is 20.7 Å². The lowest BCUT2D eigenvalue weighted by Gasteiger charge is -2.23. The maximum absolute atomic E-state index is 13.5. The van der Waals surface area contributed by atoms with Crippen molar-refractivity contribution in [1.29, 1.82) is 0 Å². The molecule has 202 valence electrons. The molecule has 0 bridgehead atoms. The largest absolute Gasteiger partial charge is 0.437 e. The Kier molecular flexibility index (Phi) is 7.44. The molecule has 13 heteroatoms. The van der Waals surface area contributed by atoms with Gasteiger partial charge >= 0.3 is 6.18 Å². The number of para-hydroxylation sites is 1. The molecule has 5 rings (SSSR count). The zero-order chi connectivity index (χ0) is 27.6. The molecule has 2 amide bonds. The number of alkyl halides is 3. The maximum Gasteiger partial charge on any atom is 0.416 e. The number of carbonyl (C=O) groups is 2. The van der Waals surface area contributed by atoms with Crippen molar-refractivity contribution < 1.29 is 27.5 Å². The average Bonchev–Trinajstić information content (AvgIpc) is 3.31. The highest BCUT2D eigenvalue weighted by atomic mass is 32.1. The highest BCUT2D eigenvalue weighted by Crippen LogP contribution is 2.38. The lowest BCUT2D eigenvalue weighted by atomic mass is 10.0. The Hall–Kier alpha value is -4.10. The van der Waals surface area contributed by atoms with E-state index < -0.39 is 23.7 Å². The van der Waals surface area contributed by atoms with Crippen molar-refractivity contribution in [2.24, 2.45) is 0 Å². The number of amides is 2. The molecule has 0 spiro atoms. The number of hydrogen-bond acceptors (Lipinski definition) is 8. The van der Waals surface area contributed by atoms with Gasteiger partial charge in [-0.25, -0.2) is 15.0 Å². The standard InChI is InChI=1S/C26H23F3N6O3S/c1-14(36)33-25-35-23-20(6-4-7-21(23)39-25)38-22-12-18(31-13-32-22)16-9-8-15(26(27,28)29)11-19(16)34-24(37)17-5-2-3-10-30-17/h4,6-9,11-13,17,30H,2-3,5,10H2,1H3,(H,34,37)(H,33,35,36). The second-order valence-corrected chi connectivity index (χ2v) is 9.93. The zero-order valence-corrected chi connectivity index (χ0v) is 21.4. The van der Waals surface area contributed by atoms with E-state index in [0.29, 0.717) is 29.4 Å². The van der Waals surface area contributed by atoms with Gasteiger partial charge in [-0.2, -0.15) is 13.2 Å². The second-order valence-electron chi connectivity index (χ2n) is 8.90. The highest BCUT2D eigenvalue weighted by molar-refractivity contribution is 7.22. The first-order chi connectivity index (χ1) is 18.7. The molecule has 1 fully saturated rings. The van der Waals surface area contributed by atoms with Crippen LogP contribution >= 0.6 is 11.3 Å². The van der Waals surface area contributed by atoms with E-state index in [0.717, 1.165) is 29.7 Å². The van der Waals surface area contributed by atoms with E-state index in [2.05, 4.69) is 30.9 Å². The predicted molar refractivity (Wildman–Crippen MR) is 141 cm³/mol. The maximum atomic E-state index is 13.5. The molecule has 4 aromatic rings. The first kappa shape index (κ1) is 26.5. The van der Waals surface area contributed by atoms with Gasteiger partial charge in [0.25, 0.3) is 0 Å². The van der Waals surface area contributed by atoms with Crippen molar-refractivity contribution in [3.8, 4) is 22.9 Å². The molecule has 1 aliphatic rings. The number of benzene rings is 2. The van der Waals surface area contributed by atoms with Crippen molar-refractivity contribution in [3.05, 3.63) is 54.4 Å². The predicted octanol–water partition coefficient (Wildman–Crippen LogP) is 5.60. The Morgan fingerprint density at radius 1 is 1.10 bits per heavy atom. The first-order valence-electron chi connectivity index (χ1n) is 12.1. The molecule has 1 atom stereocenters. The second kappa shape index (κ2) is 10.9. The molecule has 1 unspecified atom stereocenters. The number of hydrogen-bond donors (Lipinski definition) is 3. The summed E-state index contributed by atoms with van der Waals surface area (Å²) in [5.41, 5.74) is 0.125. The van der Waals surface area contributed by atoms with Gasteiger partial charge in [0.05, 0.1) is 27.7 Å². The summed E-state index contributed by atoms with van der Waals surface area (Å²) in [6.45, 7) is 2.05. The quantitative estimate of drug-likeness (QED) is 0.283. The Bertz CT molecular complexity index is 1540. The van der Waals surface area contributed by atoms with Gasteiger partial charge in [-0.3, -0.25) is 9.59 Å². The molecule has 0 radical (unpaired) electrons. The minimum Gasteiger partial charge on any atom is -0.437 e. The molecule has 2 aromatic carbocycles. The molecule has 9 nitrogen and oxygen atoms in total. The van der Waals surface area contributed by atoms with Crippen LogP contribution in [0.5, 0.6) is 11.6 Å². The van der Waals surface area contributed by atoms with Crippen LogP contribution in [0.15, 0.2) is 48.8 Å². The van der Waals surface area contributed by atoms with Gasteiger partial charge in [-0.1, -0.05) is 29.9 Å². The Balaban J connectivity index is 1.47. The van der Waals surface area contributed by atoms with Crippen molar-refractivity contribution in [3.63, 3.8) is 0 Å². The van der Waals surface area contributed by atoms with Gasteiger partial charge in [0.15, 0.2) is 10.9 Å². The number of thiazole rings is 1. The van der Waals surface area contributed by atoms with Crippen LogP contribution in [0.4, 0.5) is 24.0 Å². The minimum absolute atomic E-state index is 0.0200. The fraction of sp³-hybridized carbons (Fsp3) is 0.269. The summed E-state index contributed by atoms with van der Waals surface area (Å²) in [7, 11) is 0. The zero-order valence-electron chi connectivity index (χ0n) is 20.6. The van der Waals surface area contributed by atoms with Crippen LogP contribution in [0.3, 0.4) is 0 Å². The number of halogens is 3. The average molecular weight is 557 g/mol. The molecule has 1 saturated heterocycles. The fourth-order valence-corrected chi connectivity index (χ4v) is 5.14. The third-order valence-electron chi connectivity index (χ3n) is 6.03. The summed E-state index contributed by atoms with van der Waals surface area (Å²) < 4.78 is 47.2. The van der Waals surface area contributed by atoms with Crippen molar-refractivity contribution in [1.82, 2.24) is 20.3 Å². The number of ether oxygens (including phenoxy) is 1. The molecular weight excluding hydrogens is 533 g/mol. The van der Waals surface area contributed by atoms with E-state index in [1.165, 1.54) is 36.7 Å². The van der Waals surface area contributed by atoms with Gasteiger partial charge in [-0.05, 0) is 43.7 Å². The number of piperidine rings is 1. The Morgan fingerprint density at radius 3 is 2.69 bits per heavy atom. The van der Waals surface area contributed by atoms with Crippen molar-refractivity contribution in [2.75, 3.05) is 17.2 Å². The number of nitrogens with one attached hydrogen (secondary N) is 3. The van der Waals surface area contributed by atoms with E-state index in [1.54, 1.807) is 12.1 Å². The molecular formula is C26H23F3N6O3S. The van der Waals surface area contributed by atoms with Crippen LogP contribution in [-0.4, -0.2) is 39.4 Å². The van der Waals surface area contributed by atoms with E-state index in [9.17, 15) is 22.8 Å². The summed E-state index contributed by atoms with van der Waals surface area (Å²) in [4.78, 5) is 37.1. The number of fused-ring (bicyclic) bond motifs is 1. The summed E-state index contributed by atoms with van der Waals surface area (Å²) in [5, 5.41) is 8.81. The molecule has 1 aliphatic heterocycles. The van der Waals surface area contributed by atoms with E-state index >= 15 is 0 Å². The number of anilines is 2. The molecule has 39 heavy (non-hydrogen) atoms. The van der Waals surface area contributed by atoms with Crippen molar-refractivity contribution >= 4 is 44.2 Å². The van der Waals surface area contributed by atoms with Gasteiger partial charge in [0.2, 0.25) is 17.7 Å². The number of rotatable bonds is 6.